The molecular formula is C19H21ClN2O4S. The summed E-state index contributed by atoms with van der Waals surface area (Å²) >= 11 is 7.81. The molecule has 2 aromatic rings. The van der Waals surface area contributed by atoms with Gasteiger partial charge in [0.2, 0.25) is 0 Å². The highest BCUT2D eigenvalue weighted by Crippen LogP contribution is 2.37. The Morgan fingerprint density at radius 1 is 1.30 bits per heavy atom. The zero-order valence-electron chi connectivity index (χ0n) is 15.4. The quantitative estimate of drug-likeness (QED) is 0.721. The number of carbonyl (C=O) groups is 2. The molecule has 8 heteroatoms. The summed E-state index contributed by atoms with van der Waals surface area (Å²) in [4.78, 5) is 28.9. The maximum Gasteiger partial charge on any atom is 0.415 e. The van der Waals surface area contributed by atoms with E-state index in [1.165, 1.54) is 23.3 Å². The van der Waals surface area contributed by atoms with Crippen LogP contribution in [-0.2, 0) is 22.5 Å². The number of rotatable bonds is 4. The van der Waals surface area contributed by atoms with Crippen molar-refractivity contribution in [2.45, 2.75) is 19.0 Å². The molecule has 0 unspecified atom stereocenters. The first kappa shape index (κ1) is 19.7. The minimum atomic E-state index is -0.579. The predicted molar refractivity (Wildman–Crippen MR) is 104 cm³/mol. The summed E-state index contributed by atoms with van der Waals surface area (Å²) in [6.45, 7) is 1.23. The van der Waals surface area contributed by atoms with Gasteiger partial charge in [-0.25, -0.2) is 9.59 Å². The van der Waals surface area contributed by atoms with Crippen molar-refractivity contribution in [3.8, 4) is 5.06 Å². The molecule has 0 fully saturated rings. The van der Waals surface area contributed by atoms with Gasteiger partial charge in [-0.15, -0.1) is 11.3 Å². The maximum absolute atomic E-state index is 12.5. The van der Waals surface area contributed by atoms with Gasteiger partial charge >= 0.3 is 12.1 Å². The second kappa shape index (κ2) is 8.29. The molecule has 1 aromatic heterocycles. The number of halogens is 1. The molecule has 0 spiro atoms. The third-order valence-electron chi connectivity index (χ3n) is 4.42. The van der Waals surface area contributed by atoms with Crippen molar-refractivity contribution in [2.24, 2.45) is 0 Å². The number of nitrogens with zero attached hydrogens (tertiary/aromatic N) is 2. The van der Waals surface area contributed by atoms with Crippen molar-refractivity contribution in [3.05, 3.63) is 51.4 Å². The van der Waals surface area contributed by atoms with Gasteiger partial charge in [-0.3, -0.25) is 4.90 Å². The number of hydrogen-bond donors (Lipinski definition) is 0. The molecule has 0 aliphatic carbocycles. The highest BCUT2D eigenvalue weighted by molar-refractivity contribution is 7.14. The molecule has 6 nitrogen and oxygen atoms in total. The summed E-state index contributed by atoms with van der Waals surface area (Å²) in [5.74, 6) is -0.346. The monoisotopic (exact) mass is 408 g/mol. The van der Waals surface area contributed by atoms with Crippen molar-refractivity contribution < 1.29 is 19.1 Å². The van der Waals surface area contributed by atoms with Crippen molar-refractivity contribution in [1.29, 1.82) is 0 Å². The Hall–Kier alpha value is -2.09. The molecule has 1 aliphatic heterocycles. The molecule has 144 valence electrons. The van der Waals surface area contributed by atoms with Gasteiger partial charge in [-0.05, 0) is 29.7 Å². The molecule has 27 heavy (non-hydrogen) atoms. The molecule has 0 bridgehead atoms. The number of thiophene rings is 1. The summed E-state index contributed by atoms with van der Waals surface area (Å²) in [6.07, 6.45) is 0.353. The second-order valence-electron chi connectivity index (χ2n) is 6.44. The Balaban J connectivity index is 1.84. The molecule has 1 aliphatic rings. The molecule has 0 saturated carbocycles. The Bertz CT molecular complexity index is 852. The van der Waals surface area contributed by atoms with Gasteiger partial charge in [0.05, 0.1) is 7.11 Å². The number of esters is 1. The average molecular weight is 409 g/mol. The molecule has 0 N–H and O–H groups in total. The molecule has 1 amide bonds. The fourth-order valence-electron chi connectivity index (χ4n) is 3.06. The summed E-state index contributed by atoms with van der Waals surface area (Å²) in [7, 11) is 4.66. The number of carbonyl (C=O) groups excluding carboxylic acids is 2. The predicted octanol–water partition coefficient (Wildman–Crippen LogP) is 3.73. The first-order chi connectivity index (χ1) is 12.9. The summed E-state index contributed by atoms with van der Waals surface area (Å²) in [5.41, 5.74) is 1.78. The van der Waals surface area contributed by atoms with Crippen molar-refractivity contribution in [2.75, 3.05) is 27.7 Å². The summed E-state index contributed by atoms with van der Waals surface area (Å²) in [6, 6.07) is 8.59. The molecule has 0 saturated heterocycles. The lowest BCUT2D eigenvalue weighted by Gasteiger charge is -2.33. The van der Waals surface area contributed by atoms with Crippen LogP contribution in [0.4, 0.5) is 4.79 Å². The maximum atomic E-state index is 12.5. The normalized spacial score (nSPS) is 15.0. The van der Waals surface area contributed by atoms with Gasteiger partial charge in [0, 0.05) is 37.1 Å². The number of ether oxygens (including phenoxy) is 2. The van der Waals surface area contributed by atoms with Crippen molar-refractivity contribution in [1.82, 2.24) is 9.80 Å². The molecule has 2 heterocycles. The van der Waals surface area contributed by atoms with Crippen LogP contribution in [0.5, 0.6) is 5.06 Å². The van der Waals surface area contributed by atoms with Crippen LogP contribution in [0.2, 0.25) is 5.02 Å². The fourth-order valence-corrected chi connectivity index (χ4v) is 4.30. The Labute approximate surface area is 167 Å². The third-order valence-corrected chi connectivity index (χ3v) is 5.88. The van der Waals surface area contributed by atoms with E-state index in [-0.39, 0.29) is 5.97 Å². The Morgan fingerprint density at radius 3 is 2.70 bits per heavy atom. The van der Waals surface area contributed by atoms with Crippen LogP contribution in [0.3, 0.4) is 0 Å². The highest BCUT2D eigenvalue weighted by Gasteiger charge is 2.33. The van der Waals surface area contributed by atoms with Crippen molar-refractivity contribution in [3.63, 3.8) is 0 Å². The van der Waals surface area contributed by atoms with E-state index in [1.807, 2.05) is 29.2 Å². The molecule has 1 atom stereocenters. The van der Waals surface area contributed by atoms with Crippen molar-refractivity contribution >= 4 is 35.0 Å². The van der Waals surface area contributed by atoms with E-state index in [2.05, 4.69) is 0 Å². The average Bonchev–Trinajstić information content (AvgIpc) is 3.04. The van der Waals surface area contributed by atoms with Gasteiger partial charge < -0.3 is 14.4 Å². The topological polar surface area (TPSA) is 59.1 Å². The highest BCUT2D eigenvalue weighted by atomic mass is 35.5. The number of fused-ring (bicyclic) bond motifs is 1. The van der Waals surface area contributed by atoms with E-state index in [0.29, 0.717) is 23.2 Å². The van der Waals surface area contributed by atoms with Crippen LogP contribution in [0.25, 0.3) is 0 Å². The smallest absolute Gasteiger partial charge is 0.415 e. The van der Waals surface area contributed by atoms with Gasteiger partial charge in [0.25, 0.3) is 0 Å². The third kappa shape index (κ3) is 4.26. The van der Waals surface area contributed by atoms with E-state index < -0.39 is 12.1 Å². The molecule has 3 rings (SSSR count). The minimum Gasteiger partial charge on any atom is -0.468 e. The van der Waals surface area contributed by atoms with Gasteiger partial charge in [-0.2, -0.15) is 0 Å². The van der Waals surface area contributed by atoms with Crippen LogP contribution in [0.1, 0.15) is 22.0 Å². The van der Waals surface area contributed by atoms with E-state index in [4.69, 9.17) is 21.1 Å². The Morgan fingerprint density at radius 2 is 2.04 bits per heavy atom. The second-order valence-corrected chi connectivity index (χ2v) is 7.95. The lowest BCUT2D eigenvalue weighted by atomic mass is 10.0. The van der Waals surface area contributed by atoms with Gasteiger partial charge in [0.1, 0.15) is 6.04 Å². The lowest BCUT2D eigenvalue weighted by Crippen LogP contribution is -2.38. The first-order valence-electron chi connectivity index (χ1n) is 8.47. The van der Waals surface area contributed by atoms with E-state index in [1.54, 1.807) is 20.2 Å². The van der Waals surface area contributed by atoms with Crippen LogP contribution in [0, 0.1) is 0 Å². The van der Waals surface area contributed by atoms with E-state index >= 15 is 0 Å². The van der Waals surface area contributed by atoms with E-state index in [0.717, 1.165) is 22.4 Å². The first-order valence-corrected chi connectivity index (χ1v) is 9.67. The van der Waals surface area contributed by atoms with Gasteiger partial charge in [0.15, 0.2) is 5.06 Å². The van der Waals surface area contributed by atoms with E-state index in [9.17, 15) is 9.59 Å². The SMILES string of the molecule is COC(=O)[C@H](c1ccccc1Cl)N1CCc2sc(OC(=O)N(C)C)cc2C1. The number of amides is 1. The lowest BCUT2D eigenvalue weighted by molar-refractivity contribution is -0.147. The van der Waals surface area contributed by atoms with Gasteiger partial charge in [-0.1, -0.05) is 29.8 Å². The number of hydrogen-bond acceptors (Lipinski definition) is 6. The molecule has 0 radical (unpaired) electrons. The molecular weight excluding hydrogens is 388 g/mol. The standard InChI is InChI=1S/C19H21ClN2O4S/c1-21(2)19(24)26-16-10-12-11-22(9-8-15(12)27-16)17(18(23)25-3)13-6-4-5-7-14(13)20/h4-7,10,17H,8-9,11H2,1-3H3/t17-/m0/s1. The zero-order chi connectivity index (χ0) is 19.6. The van der Waals surface area contributed by atoms with Crippen LogP contribution in [-0.4, -0.2) is 49.6 Å². The van der Waals surface area contributed by atoms with Crippen LogP contribution < -0.4 is 4.74 Å². The molecule has 1 aromatic carbocycles. The Kier molecular flexibility index (Phi) is 6.04. The summed E-state index contributed by atoms with van der Waals surface area (Å²) in [5, 5.41) is 1.09. The number of benzene rings is 1. The fraction of sp³-hybridized carbons (Fsp3) is 0.368. The largest absolute Gasteiger partial charge is 0.468 e. The van der Waals surface area contributed by atoms with Crippen LogP contribution in [0.15, 0.2) is 30.3 Å². The zero-order valence-corrected chi connectivity index (χ0v) is 17.0. The summed E-state index contributed by atoms with van der Waals surface area (Å²) < 4.78 is 10.4. The van der Waals surface area contributed by atoms with Crippen LogP contribution >= 0.6 is 22.9 Å². The number of methoxy groups -OCH3 is 1. The minimum absolute atomic E-state index is 0.346.